The molecule has 3 aromatic heterocycles. The molecule has 0 fully saturated rings. The molecule has 0 saturated carbocycles. The molecular formula is C20H20F3N7O. The highest BCUT2D eigenvalue weighted by molar-refractivity contribution is 5.91. The van der Waals surface area contributed by atoms with Crippen LogP contribution in [0.3, 0.4) is 0 Å². The number of para-hydroxylation sites is 2. The van der Waals surface area contributed by atoms with Crippen molar-refractivity contribution < 1.29 is 18.0 Å². The Morgan fingerprint density at radius 1 is 1.13 bits per heavy atom. The number of carbonyl (C=O) groups is 1. The summed E-state index contributed by atoms with van der Waals surface area (Å²) in [5.74, 6) is -1.15. The van der Waals surface area contributed by atoms with Crippen LogP contribution in [-0.4, -0.2) is 35.0 Å². The zero-order valence-corrected chi connectivity index (χ0v) is 17.2. The summed E-state index contributed by atoms with van der Waals surface area (Å²) in [7, 11) is 0. The van der Waals surface area contributed by atoms with E-state index >= 15 is 0 Å². The Morgan fingerprint density at radius 2 is 1.87 bits per heavy atom. The molecule has 1 aromatic carbocycles. The minimum Gasteiger partial charge on any atom is -0.310 e. The van der Waals surface area contributed by atoms with Gasteiger partial charge in [-0.1, -0.05) is 12.1 Å². The Kier molecular flexibility index (Phi) is 5.11. The first kappa shape index (κ1) is 20.8. The SMILES string of the molecule is CCn1c(NC(=O)CCc2c(C)nc3nc(C(F)(F)F)nn3c2C)nc2ccccc21. The van der Waals surface area contributed by atoms with E-state index in [2.05, 4.69) is 25.4 Å². The largest absolute Gasteiger partial charge is 0.453 e. The molecule has 0 aliphatic rings. The number of aromatic nitrogens is 6. The number of benzene rings is 1. The summed E-state index contributed by atoms with van der Waals surface area (Å²) in [6, 6.07) is 7.59. The molecule has 4 rings (SSSR count). The number of rotatable bonds is 5. The van der Waals surface area contributed by atoms with Gasteiger partial charge in [0.05, 0.1) is 11.0 Å². The molecule has 11 heteroatoms. The standard InChI is InChI=1S/C20H20F3N7O/c1-4-29-15-8-6-5-7-14(15)25-18(29)26-16(31)10-9-13-11(2)24-19-27-17(20(21,22)23)28-30(19)12(13)3/h5-8H,4,9-10H2,1-3H3,(H,25,26,31). The number of hydrogen-bond acceptors (Lipinski definition) is 5. The normalized spacial score (nSPS) is 12.1. The number of imidazole rings is 1. The van der Waals surface area contributed by atoms with Gasteiger partial charge in [-0.3, -0.25) is 10.1 Å². The van der Waals surface area contributed by atoms with Gasteiger partial charge in [0.2, 0.25) is 11.9 Å². The number of amides is 1. The van der Waals surface area contributed by atoms with Crippen molar-refractivity contribution in [3.8, 4) is 0 Å². The summed E-state index contributed by atoms with van der Waals surface area (Å²) < 4.78 is 41.8. The van der Waals surface area contributed by atoms with Gasteiger partial charge in [0, 0.05) is 24.4 Å². The van der Waals surface area contributed by atoms with Crippen LogP contribution >= 0.6 is 0 Å². The molecule has 0 aliphatic carbocycles. The van der Waals surface area contributed by atoms with Crippen molar-refractivity contribution in [3.63, 3.8) is 0 Å². The predicted molar refractivity (Wildman–Crippen MR) is 108 cm³/mol. The van der Waals surface area contributed by atoms with Gasteiger partial charge in [-0.25, -0.2) is 14.5 Å². The minimum atomic E-state index is -4.65. The van der Waals surface area contributed by atoms with Crippen molar-refractivity contribution in [2.45, 2.75) is 46.3 Å². The van der Waals surface area contributed by atoms with Crippen LogP contribution in [0.4, 0.5) is 19.1 Å². The lowest BCUT2D eigenvalue weighted by molar-refractivity contribution is -0.144. The lowest BCUT2D eigenvalue weighted by Crippen LogP contribution is -2.17. The van der Waals surface area contributed by atoms with Gasteiger partial charge in [0.15, 0.2) is 0 Å². The van der Waals surface area contributed by atoms with Crippen molar-refractivity contribution in [2.24, 2.45) is 0 Å². The molecule has 0 radical (unpaired) electrons. The monoisotopic (exact) mass is 431 g/mol. The number of alkyl halides is 3. The highest BCUT2D eigenvalue weighted by Gasteiger charge is 2.37. The molecule has 1 N–H and O–H groups in total. The topological polar surface area (TPSA) is 90.0 Å². The second kappa shape index (κ2) is 7.64. The molecule has 0 bridgehead atoms. The van der Waals surface area contributed by atoms with Crippen molar-refractivity contribution in [2.75, 3.05) is 5.32 Å². The van der Waals surface area contributed by atoms with Crippen LogP contribution in [0.5, 0.6) is 0 Å². The number of halogens is 3. The summed E-state index contributed by atoms with van der Waals surface area (Å²) in [6.45, 7) is 5.92. The summed E-state index contributed by atoms with van der Waals surface area (Å²) in [4.78, 5) is 24.6. The fraction of sp³-hybridized carbons (Fsp3) is 0.350. The van der Waals surface area contributed by atoms with Gasteiger partial charge < -0.3 is 4.57 Å². The van der Waals surface area contributed by atoms with Crippen LogP contribution in [-0.2, 0) is 23.9 Å². The molecule has 0 spiro atoms. The summed E-state index contributed by atoms with van der Waals surface area (Å²) >= 11 is 0. The quantitative estimate of drug-likeness (QED) is 0.520. The van der Waals surface area contributed by atoms with E-state index in [1.807, 2.05) is 35.8 Å². The lowest BCUT2D eigenvalue weighted by Gasteiger charge is -2.11. The van der Waals surface area contributed by atoms with Crippen molar-refractivity contribution >= 4 is 28.7 Å². The van der Waals surface area contributed by atoms with E-state index in [-0.39, 0.29) is 18.1 Å². The molecule has 0 aliphatic heterocycles. The zero-order chi connectivity index (χ0) is 22.3. The second-order valence-corrected chi connectivity index (χ2v) is 7.12. The Morgan fingerprint density at radius 3 is 2.58 bits per heavy atom. The third kappa shape index (κ3) is 3.82. The molecule has 31 heavy (non-hydrogen) atoms. The highest BCUT2D eigenvalue weighted by Crippen LogP contribution is 2.27. The van der Waals surface area contributed by atoms with E-state index in [1.165, 1.54) is 0 Å². The van der Waals surface area contributed by atoms with E-state index in [0.29, 0.717) is 35.9 Å². The maximum Gasteiger partial charge on any atom is 0.453 e. The summed E-state index contributed by atoms with van der Waals surface area (Å²) in [5, 5.41) is 6.36. The lowest BCUT2D eigenvalue weighted by atomic mass is 10.1. The van der Waals surface area contributed by atoms with Gasteiger partial charge >= 0.3 is 6.18 Å². The average molecular weight is 431 g/mol. The first-order chi connectivity index (χ1) is 14.7. The van der Waals surface area contributed by atoms with E-state index in [4.69, 9.17) is 0 Å². The number of fused-ring (bicyclic) bond motifs is 2. The van der Waals surface area contributed by atoms with E-state index in [9.17, 15) is 18.0 Å². The molecule has 8 nitrogen and oxygen atoms in total. The van der Waals surface area contributed by atoms with E-state index in [1.54, 1.807) is 13.8 Å². The summed E-state index contributed by atoms with van der Waals surface area (Å²) in [5.41, 5.74) is 3.35. The molecule has 4 aromatic rings. The maximum absolute atomic E-state index is 12.9. The van der Waals surface area contributed by atoms with Crippen LogP contribution in [0.2, 0.25) is 0 Å². The number of carbonyl (C=O) groups excluding carboxylic acids is 1. The minimum absolute atomic E-state index is 0.114. The molecule has 3 heterocycles. The van der Waals surface area contributed by atoms with E-state index < -0.39 is 12.0 Å². The fourth-order valence-electron chi connectivity index (χ4n) is 3.61. The number of hydrogen-bond donors (Lipinski definition) is 1. The van der Waals surface area contributed by atoms with Crippen LogP contribution in [0.15, 0.2) is 24.3 Å². The van der Waals surface area contributed by atoms with Crippen molar-refractivity contribution in [1.82, 2.24) is 29.1 Å². The number of nitrogens with one attached hydrogen (secondary N) is 1. The van der Waals surface area contributed by atoms with Gasteiger partial charge in [-0.2, -0.15) is 18.2 Å². The average Bonchev–Trinajstić information content (AvgIpc) is 3.28. The van der Waals surface area contributed by atoms with Crippen LogP contribution in [0.1, 0.15) is 36.1 Å². The second-order valence-electron chi connectivity index (χ2n) is 7.12. The molecule has 1 amide bonds. The van der Waals surface area contributed by atoms with Gasteiger partial charge in [0.25, 0.3) is 11.6 Å². The molecule has 0 unspecified atom stereocenters. The first-order valence-corrected chi connectivity index (χ1v) is 9.74. The third-order valence-corrected chi connectivity index (χ3v) is 5.13. The summed E-state index contributed by atoms with van der Waals surface area (Å²) in [6.07, 6.45) is -4.25. The van der Waals surface area contributed by atoms with Crippen LogP contribution in [0.25, 0.3) is 16.8 Å². The molecular weight excluding hydrogens is 411 g/mol. The molecule has 162 valence electrons. The Bertz CT molecular complexity index is 1290. The third-order valence-electron chi connectivity index (χ3n) is 5.13. The first-order valence-electron chi connectivity index (χ1n) is 9.74. The maximum atomic E-state index is 12.9. The van der Waals surface area contributed by atoms with Crippen molar-refractivity contribution in [1.29, 1.82) is 0 Å². The molecule has 0 saturated heterocycles. The Labute approximate surface area is 175 Å². The van der Waals surface area contributed by atoms with Gasteiger partial charge in [0.1, 0.15) is 0 Å². The predicted octanol–water partition coefficient (Wildman–Crippen LogP) is 3.70. The smallest absolute Gasteiger partial charge is 0.310 e. The Balaban J connectivity index is 1.54. The Hall–Kier alpha value is -3.50. The highest BCUT2D eigenvalue weighted by atomic mass is 19.4. The number of anilines is 1. The van der Waals surface area contributed by atoms with Crippen LogP contribution < -0.4 is 5.32 Å². The van der Waals surface area contributed by atoms with Crippen molar-refractivity contribution in [3.05, 3.63) is 47.0 Å². The fourth-order valence-corrected chi connectivity index (χ4v) is 3.61. The number of nitrogens with zero attached hydrogens (tertiary/aromatic N) is 6. The zero-order valence-electron chi connectivity index (χ0n) is 17.2. The van der Waals surface area contributed by atoms with Crippen LogP contribution in [0, 0.1) is 13.8 Å². The van der Waals surface area contributed by atoms with Gasteiger partial charge in [-0.05, 0) is 44.9 Å². The molecule has 0 atom stereocenters. The van der Waals surface area contributed by atoms with E-state index in [0.717, 1.165) is 15.5 Å². The number of aryl methyl sites for hydroxylation is 3. The van der Waals surface area contributed by atoms with Gasteiger partial charge in [-0.15, -0.1) is 5.10 Å².